The minimum absolute atomic E-state index is 0.0468. The highest BCUT2D eigenvalue weighted by atomic mass is 16.5. The Labute approximate surface area is 129 Å². The second-order valence-electron chi connectivity index (χ2n) is 5.25. The Balaban J connectivity index is 2.27. The lowest BCUT2D eigenvalue weighted by Crippen LogP contribution is -2.06. The molecule has 0 saturated heterocycles. The molecule has 0 fully saturated rings. The molecule has 0 aliphatic carbocycles. The summed E-state index contributed by atoms with van der Waals surface area (Å²) in [6.07, 6.45) is 0. The molecule has 2 aromatic rings. The molecule has 0 unspecified atom stereocenters. The summed E-state index contributed by atoms with van der Waals surface area (Å²) in [6.45, 7) is 4.81. The number of aromatic nitrogens is 2. The normalized spacial score (nSPS) is 10.5. The SMILES string of the molecule is CNc1cc(C(=O)O)nc(-c2ccc(OCC(C)C)cc2)n1. The number of carbonyl (C=O) groups is 1. The van der Waals surface area contributed by atoms with Gasteiger partial charge in [0, 0.05) is 18.7 Å². The van der Waals surface area contributed by atoms with Crippen molar-refractivity contribution in [1.82, 2.24) is 9.97 Å². The average Bonchev–Trinajstić information content (AvgIpc) is 2.52. The van der Waals surface area contributed by atoms with E-state index in [2.05, 4.69) is 29.1 Å². The van der Waals surface area contributed by atoms with Crippen molar-refractivity contribution >= 4 is 11.8 Å². The zero-order valence-electron chi connectivity index (χ0n) is 12.8. The van der Waals surface area contributed by atoms with Gasteiger partial charge in [-0.3, -0.25) is 0 Å². The predicted molar refractivity (Wildman–Crippen MR) is 84.3 cm³/mol. The summed E-state index contributed by atoms with van der Waals surface area (Å²) in [5.74, 6) is 0.952. The quantitative estimate of drug-likeness (QED) is 0.853. The highest BCUT2D eigenvalue weighted by molar-refractivity contribution is 5.87. The molecule has 6 heteroatoms. The fourth-order valence-corrected chi connectivity index (χ4v) is 1.78. The molecule has 22 heavy (non-hydrogen) atoms. The maximum Gasteiger partial charge on any atom is 0.354 e. The topological polar surface area (TPSA) is 84.3 Å². The van der Waals surface area contributed by atoms with Gasteiger partial charge in [0.25, 0.3) is 0 Å². The zero-order chi connectivity index (χ0) is 16.1. The zero-order valence-corrected chi connectivity index (χ0v) is 12.8. The number of ether oxygens (including phenoxy) is 1. The van der Waals surface area contributed by atoms with Crippen LogP contribution in [0.3, 0.4) is 0 Å². The third-order valence-corrected chi connectivity index (χ3v) is 2.90. The van der Waals surface area contributed by atoms with Crippen molar-refractivity contribution in [3.63, 3.8) is 0 Å². The van der Waals surface area contributed by atoms with Crippen molar-refractivity contribution in [1.29, 1.82) is 0 Å². The Kier molecular flexibility index (Phi) is 4.93. The third kappa shape index (κ3) is 3.94. The maximum atomic E-state index is 11.1. The summed E-state index contributed by atoms with van der Waals surface area (Å²) in [6, 6.07) is 8.68. The van der Waals surface area contributed by atoms with Gasteiger partial charge >= 0.3 is 5.97 Å². The van der Waals surface area contributed by atoms with Gasteiger partial charge in [0.15, 0.2) is 11.5 Å². The van der Waals surface area contributed by atoms with Crippen LogP contribution in [-0.4, -0.2) is 34.7 Å². The monoisotopic (exact) mass is 301 g/mol. The van der Waals surface area contributed by atoms with E-state index in [0.29, 0.717) is 24.2 Å². The molecule has 1 aromatic carbocycles. The number of carboxylic acids is 1. The number of rotatable bonds is 6. The largest absolute Gasteiger partial charge is 0.493 e. The van der Waals surface area contributed by atoms with E-state index in [1.54, 1.807) is 7.05 Å². The molecule has 0 bridgehead atoms. The van der Waals surface area contributed by atoms with E-state index >= 15 is 0 Å². The van der Waals surface area contributed by atoms with Gasteiger partial charge in [-0.1, -0.05) is 13.8 Å². The first-order valence-electron chi connectivity index (χ1n) is 7.03. The number of nitrogens with one attached hydrogen (secondary N) is 1. The van der Waals surface area contributed by atoms with Crippen molar-refractivity contribution < 1.29 is 14.6 Å². The number of hydrogen-bond acceptors (Lipinski definition) is 5. The van der Waals surface area contributed by atoms with E-state index in [-0.39, 0.29) is 5.69 Å². The number of benzene rings is 1. The lowest BCUT2D eigenvalue weighted by molar-refractivity contribution is 0.0690. The Bertz CT molecular complexity index is 654. The Morgan fingerprint density at radius 2 is 1.95 bits per heavy atom. The Morgan fingerprint density at radius 3 is 2.50 bits per heavy atom. The summed E-state index contributed by atoms with van der Waals surface area (Å²) in [7, 11) is 1.68. The van der Waals surface area contributed by atoms with Crippen LogP contribution in [0.2, 0.25) is 0 Å². The van der Waals surface area contributed by atoms with Crippen LogP contribution >= 0.6 is 0 Å². The second kappa shape index (κ2) is 6.89. The van der Waals surface area contributed by atoms with Crippen molar-refractivity contribution in [2.24, 2.45) is 5.92 Å². The molecule has 0 aliphatic rings. The van der Waals surface area contributed by atoms with Crippen LogP contribution in [0.5, 0.6) is 5.75 Å². The Hall–Kier alpha value is -2.63. The van der Waals surface area contributed by atoms with Gasteiger partial charge in [0.2, 0.25) is 0 Å². The molecule has 0 amide bonds. The molecule has 2 N–H and O–H groups in total. The predicted octanol–water partition coefficient (Wildman–Crippen LogP) is 2.92. The highest BCUT2D eigenvalue weighted by Gasteiger charge is 2.11. The molecule has 2 rings (SSSR count). The average molecular weight is 301 g/mol. The minimum Gasteiger partial charge on any atom is -0.493 e. The van der Waals surface area contributed by atoms with Gasteiger partial charge in [0.1, 0.15) is 11.6 Å². The number of anilines is 1. The van der Waals surface area contributed by atoms with Crippen LogP contribution < -0.4 is 10.1 Å². The molecule has 116 valence electrons. The van der Waals surface area contributed by atoms with Crippen LogP contribution in [-0.2, 0) is 0 Å². The van der Waals surface area contributed by atoms with E-state index in [1.165, 1.54) is 6.07 Å². The number of nitrogens with zero attached hydrogens (tertiary/aromatic N) is 2. The van der Waals surface area contributed by atoms with Crippen LogP contribution in [0, 0.1) is 5.92 Å². The molecule has 0 atom stereocenters. The molecular formula is C16H19N3O3. The van der Waals surface area contributed by atoms with E-state index in [1.807, 2.05) is 24.3 Å². The number of hydrogen-bond donors (Lipinski definition) is 2. The first-order valence-corrected chi connectivity index (χ1v) is 7.03. The lowest BCUT2D eigenvalue weighted by Gasteiger charge is -2.09. The van der Waals surface area contributed by atoms with Crippen LogP contribution in [0.25, 0.3) is 11.4 Å². The summed E-state index contributed by atoms with van der Waals surface area (Å²) in [4.78, 5) is 19.5. The standard InChI is InChI=1S/C16H19N3O3/c1-10(2)9-22-12-6-4-11(5-7-12)15-18-13(16(20)21)8-14(17-3)19-15/h4-8,10H,9H2,1-3H3,(H,20,21)(H,17,18,19). The van der Waals surface area contributed by atoms with Gasteiger partial charge < -0.3 is 15.2 Å². The molecule has 1 aromatic heterocycles. The Morgan fingerprint density at radius 1 is 1.27 bits per heavy atom. The van der Waals surface area contributed by atoms with Crippen LogP contribution in [0.4, 0.5) is 5.82 Å². The molecule has 0 spiro atoms. The van der Waals surface area contributed by atoms with E-state index in [0.717, 1.165) is 11.3 Å². The summed E-state index contributed by atoms with van der Waals surface area (Å²) in [5, 5.41) is 11.9. The molecule has 0 saturated carbocycles. The molecule has 6 nitrogen and oxygen atoms in total. The molecule has 0 aliphatic heterocycles. The lowest BCUT2D eigenvalue weighted by atomic mass is 10.2. The van der Waals surface area contributed by atoms with Gasteiger partial charge in [0.05, 0.1) is 6.61 Å². The van der Waals surface area contributed by atoms with Crippen molar-refractivity contribution in [2.45, 2.75) is 13.8 Å². The first kappa shape index (κ1) is 15.8. The number of carboxylic acid groups (broad SMARTS) is 1. The van der Waals surface area contributed by atoms with Gasteiger partial charge in [-0.25, -0.2) is 14.8 Å². The van der Waals surface area contributed by atoms with E-state index in [4.69, 9.17) is 9.84 Å². The van der Waals surface area contributed by atoms with Crippen LogP contribution in [0.1, 0.15) is 24.3 Å². The van der Waals surface area contributed by atoms with Crippen molar-refractivity contribution in [2.75, 3.05) is 19.0 Å². The smallest absolute Gasteiger partial charge is 0.354 e. The highest BCUT2D eigenvalue weighted by Crippen LogP contribution is 2.21. The van der Waals surface area contributed by atoms with E-state index in [9.17, 15) is 4.79 Å². The van der Waals surface area contributed by atoms with Gasteiger partial charge in [-0.05, 0) is 30.2 Å². The molecule has 1 heterocycles. The minimum atomic E-state index is -1.09. The maximum absolute atomic E-state index is 11.1. The molecule has 0 radical (unpaired) electrons. The fraction of sp³-hybridized carbons (Fsp3) is 0.312. The van der Waals surface area contributed by atoms with Crippen LogP contribution in [0.15, 0.2) is 30.3 Å². The van der Waals surface area contributed by atoms with Gasteiger partial charge in [-0.15, -0.1) is 0 Å². The summed E-state index contributed by atoms with van der Waals surface area (Å²) < 4.78 is 5.62. The van der Waals surface area contributed by atoms with Crippen molar-refractivity contribution in [3.8, 4) is 17.1 Å². The second-order valence-corrected chi connectivity index (χ2v) is 5.25. The first-order chi connectivity index (χ1) is 10.5. The van der Waals surface area contributed by atoms with Crippen molar-refractivity contribution in [3.05, 3.63) is 36.0 Å². The van der Waals surface area contributed by atoms with E-state index < -0.39 is 5.97 Å². The summed E-state index contributed by atoms with van der Waals surface area (Å²) >= 11 is 0. The fourth-order valence-electron chi connectivity index (χ4n) is 1.78. The van der Waals surface area contributed by atoms with Gasteiger partial charge in [-0.2, -0.15) is 0 Å². The molecular weight excluding hydrogens is 282 g/mol. The number of aromatic carboxylic acids is 1. The summed E-state index contributed by atoms with van der Waals surface area (Å²) in [5.41, 5.74) is 0.686. The third-order valence-electron chi connectivity index (χ3n) is 2.90.